The number of piperidine rings is 1. The Balaban J connectivity index is 2.03. The lowest BCUT2D eigenvalue weighted by Gasteiger charge is -2.24. The minimum absolute atomic E-state index is 0.00338. The number of hydrogen-bond donors (Lipinski definition) is 3. The molecule has 1 unspecified atom stereocenters. The molecule has 0 saturated carbocycles. The van der Waals surface area contributed by atoms with Crippen LogP contribution < -0.4 is 16.0 Å². The second-order valence-corrected chi connectivity index (χ2v) is 4.31. The van der Waals surface area contributed by atoms with E-state index in [-0.39, 0.29) is 11.9 Å². The van der Waals surface area contributed by atoms with Crippen molar-refractivity contribution < 1.29 is 4.79 Å². The number of para-hydroxylation sites is 1. The number of anilines is 1. The Morgan fingerprint density at radius 2 is 2.24 bits per heavy atom. The lowest BCUT2D eigenvalue weighted by Crippen LogP contribution is -2.45. The van der Waals surface area contributed by atoms with Gasteiger partial charge in [-0.3, -0.25) is 4.79 Å². The van der Waals surface area contributed by atoms with Crippen molar-refractivity contribution in [2.45, 2.75) is 18.9 Å². The van der Waals surface area contributed by atoms with Crippen molar-refractivity contribution in [2.75, 3.05) is 25.5 Å². The quantitative estimate of drug-likeness (QED) is 0.735. The molecule has 0 spiro atoms. The van der Waals surface area contributed by atoms with Crippen LogP contribution in [0.3, 0.4) is 0 Å². The summed E-state index contributed by atoms with van der Waals surface area (Å²) in [5.74, 6) is 0.00338. The molecule has 1 aliphatic rings. The molecule has 1 aromatic carbocycles. The summed E-state index contributed by atoms with van der Waals surface area (Å²) in [6, 6.07) is 7.81. The van der Waals surface area contributed by atoms with E-state index < -0.39 is 0 Å². The third-order valence-corrected chi connectivity index (χ3v) is 3.07. The molecule has 4 nitrogen and oxygen atoms in total. The Labute approximate surface area is 102 Å². The van der Waals surface area contributed by atoms with Crippen LogP contribution in [0.5, 0.6) is 0 Å². The van der Waals surface area contributed by atoms with Gasteiger partial charge in [0.25, 0.3) is 5.91 Å². The predicted molar refractivity (Wildman–Crippen MR) is 69.3 cm³/mol. The summed E-state index contributed by atoms with van der Waals surface area (Å²) in [6.45, 7) is 1.92. The van der Waals surface area contributed by atoms with Crippen molar-refractivity contribution in [2.24, 2.45) is 0 Å². The summed E-state index contributed by atoms with van der Waals surface area (Å²) in [5.41, 5.74) is 1.58. The van der Waals surface area contributed by atoms with Crippen molar-refractivity contribution in [3.63, 3.8) is 0 Å². The lowest BCUT2D eigenvalue weighted by molar-refractivity contribution is 0.0931. The summed E-state index contributed by atoms with van der Waals surface area (Å²) in [7, 11) is 1.83. The molecule has 1 heterocycles. The van der Waals surface area contributed by atoms with Crippen LogP contribution in [0.2, 0.25) is 0 Å². The van der Waals surface area contributed by atoms with Crippen LogP contribution in [0, 0.1) is 0 Å². The average Bonchev–Trinajstić information content (AvgIpc) is 2.40. The molecule has 0 aromatic heterocycles. The van der Waals surface area contributed by atoms with Crippen LogP contribution in [0.25, 0.3) is 0 Å². The Morgan fingerprint density at radius 3 is 2.94 bits per heavy atom. The van der Waals surface area contributed by atoms with Crippen LogP contribution >= 0.6 is 0 Å². The first-order valence-electron chi connectivity index (χ1n) is 6.09. The van der Waals surface area contributed by atoms with E-state index in [9.17, 15) is 4.79 Å². The molecular formula is C13H19N3O. The number of nitrogens with one attached hydrogen (secondary N) is 3. The molecular weight excluding hydrogens is 214 g/mol. The Hall–Kier alpha value is -1.55. The van der Waals surface area contributed by atoms with Crippen LogP contribution in [0.1, 0.15) is 23.2 Å². The molecule has 1 amide bonds. The first kappa shape index (κ1) is 11.9. The van der Waals surface area contributed by atoms with E-state index in [0.29, 0.717) is 5.56 Å². The van der Waals surface area contributed by atoms with Crippen LogP contribution in [-0.2, 0) is 0 Å². The predicted octanol–water partition coefficient (Wildman–Crippen LogP) is 1.21. The van der Waals surface area contributed by atoms with Crippen molar-refractivity contribution >= 4 is 11.6 Å². The van der Waals surface area contributed by atoms with E-state index >= 15 is 0 Å². The standard InChI is InChI=1S/C13H19N3O/c1-14-12-7-3-2-6-11(12)13(17)16-10-5-4-8-15-9-10/h2-3,6-7,10,14-15H,4-5,8-9H2,1H3,(H,16,17). The zero-order valence-electron chi connectivity index (χ0n) is 10.1. The van der Waals surface area contributed by atoms with Gasteiger partial charge in [-0.1, -0.05) is 12.1 Å². The van der Waals surface area contributed by atoms with Gasteiger partial charge in [0.15, 0.2) is 0 Å². The molecule has 92 valence electrons. The second-order valence-electron chi connectivity index (χ2n) is 4.31. The molecule has 0 bridgehead atoms. The fraction of sp³-hybridized carbons (Fsp3) is 0.462. The maximum atomic E-state index is 12.1. The van der Waals surface area contributed by atoms with E-state index in [0.717, 1.165) is 31.6 Å². The monoisotopic (exact) mass is 233 g/mol. The van der Waals surface area contributed by atoms with Crippen molar-refractivity contribution in [3.8, 4) is 0 Å². The summed E-state index contributed by atoms with van der Waals surface area (Å²) in [6.07, 6.45) is 2.18. The van der Waals surface area contributed by atoms with E-state index in [1.165, 1.54) is 0 Å². The Morgan fingerprint density at radius 1 is 1.41 bits per heavy atom. The minimum Gasteiger partial charge on any atom is -0.387 e. The van der Waals surface area contributed by atoms with Crippen LogP contribution in [-0.4, -0.2) is 32.1 Å². The molecule has 3 N–H and O–H groups in total. The topological polar surface area (TPSA) is 53.2 Å². The smallest absolute Gasteiger partial charge is 0.253 e. The molecule has 2 rings (SSSR count). The third-order valence-electron chi connectivity index (χ3n) is 3.07. The van der Waals surface area contributed by atoms with Crippen LogP contribution in [0.15, 0.2) is 24.3 Å². The molecule has 1 saturated heterocycles. The average molecular weight is 233 g/mol. The molecule has 17 heavy (non-hydrogen) atoms. The van der Waals surface area contributed by atoms with Gasteiger partial charge in [-0.15, -0.1) is 0 Å². The van der Waals surface area contributed by atoms with Gasteiger partial charge in [-0.05, 0) is 31.5 Å². The van der Waals surface area contributed by atoms with Gasteiger partial charge < -0.3 is 16.0 Å². The summed E-state index contributed by atoms with van der Waals surface area (Å²) in [5, 5.41) is 9.40. The highest BCUT2D eigenvalue weighted by Crippen LogP contribution is 2.14. The van der Waals surface area contributed by atoms with Gasteiger partial charge >= 0.3 is 0 Å². The highest BCUT2D eigenvalue weighted by Gasteiger charge is 2.17. The molecule has 0 radical (unpaired) electrons. The van der Waals surface area contributed by atoms with E-state index in [1.54, 1.807) is 0 Å². The SMILES string of the molecule is CNc1ccccc1C(=O)NC1CCCNC1. The van der Waals surface area contributed by atoms with E-state index in [1.807, 2.05) is 31.3 Å². The van der Waals surface area contributed by atoms with Gasteiger partial charge in [-0.2, -0.15) is 0 Å². The first-order chi connectivity index (χ1) is 8.31. The molecule has 1 aliphatic heterocycles. The summed E-state index contributed by atoms with van der Waals surface area (Å²) >= 11 is 0. The lowest BCUT2D eigenvalue weighted by atomic mass is 10.1. The number of benzene rings is 1. The largest absolute Gasteiger partial charge is 0.387 e. The van der Waals surface area contributed by atoms with Gasteiger partial charge in [0.1, 0.15) is 0 Å². The first-order valence-corrected chi connectivity index (χ1v) is 6.09. The molecule has 1 fully saturated rings. The Bertz CT molecular complexity index is 386. The van der Waals surface area contributed by atoms with Gasteiger partial charge in [0.2, 0.25) is 0 Å². The minimum atomic E-state index is 0.00338. The number of carbonyl (C=O) groups is 1. The van der Waals surface area contributed by atoms with Gasteiger partial charge in [0, 0.05) is 25.3 Å². The summed E-state index contributed by atoms with van der Waals surface area (Å²) in [4.78, 5) is 12.1. The van der Waals surface area contributed by atoms with Crippen molar-refractivity contribution in [1.29, 1.82) is 0 Å². The fourth-order valence-electron chi connectivity index (χ4n) is 2.14. The second kappa shape index (κ2) is 5.68. The van der Waals surface area contributed by atoms with Crippen molar-refractivity contribution in [1.82, 2.24) is 10.6 Å². The van der Waals surface area contributed by atoms with Gasteiger partial charge in [-0.25, -0.2) is 0 Å². The number of carbonyl (C=O) groups excluding carboxylic acids is 1. The molecule has 1 atom stereocenters. The fourth-order valence-corrected chi connectivity index (χ4v) is 2.14. The van der Waals surface area contributed by atoms with Gasteiger partial charge in [0.05, 0.1) is 5.56 Å². The van der Waals surface area contributed by atoms with Crippen molar-refractivity contribution in [3.05, 3.63) is 29.8 Å². The number of hydrogen-bond acceptors (Lipinski definition) is 3. The van der Waals surface area contributed by atoms with Crippen LogP contribution in [0.4, 0.5) is 5.69 Å². The summed E-state index contributed by atoms with van der Waals surface area (Å²) < 4.78 is 0. The Kier molecular flexibility index (Phi) is 3.98. The number of amides is 1. The number of rotatable bonds is 3. The highest BCUT2D eigenvalue weighted by atomic mass is 16.1. The molecule has 4 heteroatoms. The maximum Gasteiger partial charge on any atom is 0.253 e. The maximum absolute atomic E-state index is 12.1. The van der Waals surface area contributed by atoms with E-state index in [4.69, 9.17) is 0 Å². The molecule has 0 aliphatic carbocycles. The zero-order chi connectivity index (χ0) is 12.1. The highest BCUT2D eigenvalue weighted by molar-refractivity contribution is 5.99. The normalized spacial score (nSPS) is 19.7. The van der Waals surface area contributed by atoms with E-state index in [2.05, 4.69) is 16.0 Å². The third kappa shape index (κ3) is 2.97. The zero-order valence-corrected chi connectivity index (χ0v) is 10.1. The molecule has 1 aromatic rings.